The number of aliphatic imine (C=N–C) groups is 2. The molecule has 0 spiro atoms. The third-order valence-electron chi connectivity index (χ3n) is 16.2. The lowest BCUT2D eigenvalue weighted by Crippen LogP contribution is -2.45. The van der Waals surface area contributed by atoms with E-state index >= 15 is 0 Å². The van der Waals surface area contributed by atoms with Crippen LogP contribution in [0.4, 0.5) is 0 Å². The van der Waals surface area contributed by atoms with E-state index in [1.807, 2.05) is 0 Å². The van der Waals surface area contributed by atoms with Crippen molar-refractivity contribution in [3.63, 3.8) is 0 Å². The predicted molar refractivity (Wildman–Crippen MR) is 293 cm³/mol. The summed E-state index contributed by atoms with van der Waals surface area (Å²) in [6.45, 7) is 2.28. The second-order valence-corrected chi connectivity index (χ2v) is 20.9. The molecule has 1 heterocycles. The van der Waals surface area contributed by atoms with Gasteiger partial charge in [-0.25, -0.2) is 9.98 Å². The minimum atomic E-state index is -0.214. The highest BCUT2D eigenvalue weighted by molar-refractivity contribution is 6.08. The molecular formula is C66H71N3. The van der Waals surface area contributed by atoms with Gasteiger partial charge >= 0.3 is 0 Å². The summed E-state index contributed by atoms with van der Waals surface area (Å²) in [4.78, 5) is 11.5. The Hall–Kier alpha value is -6.06. The van der Waals surface area contributed by atoms with Crippen molar-refractivity contribution in [2.45, 2.75) is 122 Å². The van der Waals surface area contributed by atoms with E-state index in [4.69, 9.17) is 9.98 Å². The third-order valence-corrected chi connectivity index (χ3v) is 16.2. The van der Waals surface area contributed by atoms with E-state index in [2.05, 4.69) is 182 Å². The summed E-state index contributed by atoms with van der Waals surface area (Å²) in [5.74, 6) is 3.99. The minimum Gasteiger partial charge on any atom is -0.331 e. The summed E-state index contributed by atoms with van der Waals surface area (Å²) in [5, 5.41) is 4.07. The maximum absolute atomic E-state index is 5.78. The highest BCUT2D eigenvalue weighted by Gasteiger charge is 2.58. The van der Waals surface area contributed by atoms with Crippen LogP contribution in [-0.4, -0.2) is 17.8 Å². The van der Waals surface area contributed by atoms with E-state index < -0.39 is 0 Å². The molecule has 8 aliphatic carbocycles. The number of unbranched alkanes of at least 4 members (excludes halogenated alkanes) is 1. The van der Waals surface area contributed by atoms with E-state index in [1.54, 1.807) is 0 Å². The van der Waals surface area contributed by atoms with Crippen LogP contribution in [0.5, 0.6) is 0 Å². The second kappa shape index (κ2) is 20.9. The molecule has 11 rings (SSSR count). The van der Waals surface area contributed by atoms with Gasteiger partial charge in [0.1, 0.15) is 11.7 Å². The molecule has 0 radical (unpaired) electrons. The molecule has 3 heteroatoms. The zero-order valence-corrected chi connectivity index (χ0v) is 41.0. The summed E-state index contributed by atoms with van der Waals surface area (Å²) in [6, 6.07) is 20.2. The Morgan fingerprint density at radius 1 is 0.768 bits per heavy atom. The molecule has 3 nitrogen and oxygen atoms in total. The van der Waals surface area contributed by atoms with Gasteiger partial charge < -0.3 is 5.32 Å². The number of rotatable bonds is 13. The lowest BCUT2D eigenvalue weighted by atomic mass is 9.89. The Kier molecular flexibility index (Phi) is 13.7. The maximum atomic E-state index is 5.78. The zero-order chi connectivity index (χ0) is 46.4. The Labute approximate surface area is 413 Å². The number of hydrogen-bond acceptors (Lipinski definition) is 3. The first-order valence-electron chi connectivity index (χ1n) is 26.8. The second-order valence-electron chi connectivity index (χ2n) is 20.9. The average molecular weight is 906 g/mol. The molecular weight excluding hydrogens is 835 g/mol. The summed E-state index contributed by atoms with van der Waals surface area (Å²) in [7, 11) is 0. The van der Waals surface area contributed by atoms with E-state index in [0.717, 1.165) is 95.7 Å². The minimum absolute atomic E-state index is 0.0350. The summed E-state index contributed by atoms with van der Waals surface area (Å²) < 4.78 is 0. The van der Waals surface area contributed by atoms with Crippen molar-refractivity contribution >= 4 is 28.4 Å². The predicted octanol–water partition coefficient (Wildman–Crippen LogP) is 16.8. The highest BCUT2D eigenvalue weighted by Crippen LogP contribution is 2.60. The van der Waals surface area contributed by atoms with Crippen LogP contribution in [0.1, 0.15) is 133 Å². The van der Waals surface area contributed by atoms with Gasteiger partial charge in [-0.15, -0.1) is 0 Å². The first kappa shape index (κ1) is 45.4. The van der Waals surface area contributed by atoms with Gasteiger partial charge in [0, 0.05) is 11.3 Å². The van der Waals surface area contributed by atoms with Crippen LogP contribution in [0.3, 0.4) is 0 Å². The van der Waals surface area contributed by atoms with Gasteiger partial charge in [-0.2, -0.15) is 0 Å². The Bertz CT molecular complexity index is 2810. The van der Waals surface area contributed by atoms with Crippen molar-refractivity contribution in [3.8, 4) is 0 Å². The largest absolute Gasteiger partial charge is 0.331 e. The molecule has 0 saturated heterocycles. The van der Waals surface area contributed by atoms with Crippen molar-refractivity contribution in [1.82, 2.24) is 5.32 Å². The van der Waals surface area contributed by atoms with Gasteiger partial charge in [0.05, 0.1) is 0 Å². The van der Waals surface area contributed by atoms with Crippen molar-refractivity contribution in [3.05, 3.63) is 220 Å². The van der Waals surface area contributed by atoms with Crippen LogP contribution in [0.15, 0.2) is 213 Å². The molecule has 1 N–H and O–H groups in total. The highest BCUT2D eigenvalue weighted by atomic mass is 15.2. The molecule has 2 saturated carbocycles. The third kappa shape index (κ3) is 10.4. The van der Waals surface area contributed by atoms with Crippen LogP contribution < -0.4 is 5.32 Å². The Morgan fingerprint density at radius 2 is 1.65 bits per heavy atom. The molecule has 6 atom stereocenters. The fourth-order valence-electron chi connectivity index (χ4n) is 12.1. The molecule has 350 valence electrons. The smallest absolute Gasteiger partial charge is 0.165 e. The molecule has 2 aromatic carbocycles. The van der Waals surface area contributed by atoms with Crippen molar-refractivity contribution in [1.29, 1.82) is 0 Å². The quantitative estimate of drug-likeness (QED) is 0.158. The normalized spacial score (nSPS) is 29.8. The van der Waals surface area contributed by atoms with Gasteiger partial charge in [0.2, 0.25) is 0 Å². The molecule has 2 fully saturated rings. The monoisotopic (exact) mass is 906 g/mol. The lowest BCUT2D eigenvalue weighted by molar-refractivity contribution is 0.614. The zero-order valence-electron chi connectivity index (χ0n) is 41.0. The average Bonchev–Trinajstić information content (AvgIpc) is 4.31. The number of allylic oxidation sites excluding steroid dienone is 26. The van der Waals surface area contributed by atoms with Crippen LogP contribution in [0.2, 0.25) is 0 Å². The summed E-state index contributed by atoms with van der Waals surface area (Å²) in [6.07, 6.45) is 64.4. The molecule has 0 amide bonds. The first-order chi connectivity index (χ1) is 34.1. The van der Waals surface area contributed by atoms with E-state index in [9.17, 15) is 0 Å². The molecule has 0 aromatic heterocycles. The lowest BCUT2D eigenvalue weighted by Gasteiger charge is -2.31. The Morgan fingerprint density at radius 3 is 2.59 bits per heavy atom. The van der Waals surface area contributed by atoms with E-state index in [1.165, 1.54) is 91.9 Å². The Balaban J connectivity index is 0.878. The number of nitrogens with one attached hydrogen (secondary N) is 1. The van der Waals surface area contributed by atoms with Gasteiger partial charge in [0.15, 0.2) is 6.17 Å². The number of nitrogens with zero attached hydrogens (tertiary/aromatic N) is 2. The number of fused-ring (bicyclic) bond motifs is 2. The molecule has 0 bridgehead atoms. The molecule has 6 unspecified atom stereocenters. The number of hydrogen-bond donors (Lipinski definition) is 1. The van der Waals surface area contributed by atoms with Crippen LogP contribution in [0, 0.1) is 29.1 Å². The molecule has 9 aliphatic rings. The summed E-state index contributed by atoms with van der Waals surface area (Å²) in [5.41, 5.74) is 16.9. The van der Waals surface area contributed by atoms with Gasteiger partial charge in [-0.1, -0.05) is 176 Å². The SMILES string of the molecule is CC/C(=C\CCCC1=CCCC(C2=CC3CC3(C3=NC(C4=CC(c5cccc(C6=CC=CCCC6)c5)=CC5CC45)N=C(C4C=C(/C5=C/CC=CC/C=C/C5)C=CCC4)N3)CC=C2)=C1)c1ccccc1. The van der Waals surface area contributed by atoms with E-state index in [0.29, 0.717) is 17.8 Å². The van der Waals surface area contributed by atoms with Gasteiger partial charge in [-0.05, 0) is 194 Å². The molecule has 69 heavy (non-hydrogen) atoms. The maximum Gasteiger partial charge on any atom is 0.165 e. The standard InChI is InChI=1S/C66H71N3/c1-2-48(49-26-14-9-15-27-49)25-17-16-23-47-24-20-34-52(39-47)56-37-22-38-66(46-60(66)43-56)65-68-63(57-33-19-18-32-53(41-57)50-28-10-5-3-4-6-11-29-50)67-64(69-65)62-44-58(42-59-45-61(59)62)55-36-21-35-54(40-55)51-30-12-7-8-13-31-51/h3,5-7,9,11-12,14-15,18,21-22,24-28,30,32,35-37,39-44,57,59-61,64H,2,4,8,10,13,16-17,19-20,23,29,31,33-34,38,45-46H2,1H3,(H,67,68,69)/b5-3?,11-6+,48-25+,50-28+. The van der Waals surface area contributed by atoms with Crippen molar-refractivity contribution < 1.29 is 0 Å². The van der Waals surface area contributed by atoms with Crippen LogP contribution in [-0.2, 0) is 0 Å². The van der Waals surface area contributed by atoms with Crippen LogP contribution in [0.25, 0.3) is 16.7 Å². The van der Waals surface area contributed by atoms with Crippen LogP contribution >= 0.6 is 0 Å². The summed E-state index contributed by atoms with van der Waals surface area (Å²) >= 11 is 0. The molecule has 2 aromatic rings. The van der Waals surface area contributed by atoms with E-state index in [-0.39, 0.29) is 17.5 Å². The number of amidine groups is 2. The van der Waals surface area contributed by atoms with Crippen molar-refractivity contribution in [2.75, 3.05) is 0 Å². The first-order valence-corrected chi connectivity index (χ1v) is 26.8. The molecule has 1 aliphatic heterocycles. The fourth-order valence-corrected chi connectivity index (χ4v) is 12.1. The van der Waals surface area contributed by atoms with Crippen molar-refractivity contribution in [2.24, 2.45) is 39.1 Å². The topological polar surface area (TPSA) is 36.8 Å². The van der Waals surface area contributed by atoms with Gasteiger partial charge in [0.25, 0.3) is 0 Å². The number of benzene rings is 2. The van der Waals surface area contributed by atoms with Gasteiger partial charge in [-0.3, -0.25) is 0 Å². The fraction of sp³-hybridized carbons (Fsp3) is 0.364.